The quantitative estimate of drug-likeness (QED) is 0.702. The van der Waals surface area contributed by atoms with Gasteiger partial charge in [-0.25, -0.2) is 0 Å². The van der Waals surface area contributed by atoms with E-state index in [2.05, 4.69) is 38.1 Å². The number of nitriles is 1. The monoisotopic (exact) mass is 205 g/mol. The summed E-state index contributed by atoms with van der Waals surface area (Å²) in [5.74, 6) is 0. The molecule has 0 saturated carbocycles. The van der Waals surface area contributed by atoms with E-state index in [1.165, 1.54) is 16.0 Å². The van der Waals surface area contributed by atoms with E-state index in [0.717, 1.165) is 6.42 Å². The van der Waals surface area contributed by atoms with Crippen LogP contribution in [0.5, 0.6) is 0 Å². The average Bonchev–Trinajstić information content (AvgIpc) is 2.19. The van der Waals surface area contributed by atoms with E-state index >= 15 is 0 Å². The Kier molecular flexibility index (Phi) is 4.03. The van der Waals surface area contributed by atoms with Gasteiger partial charge in [0.1, 0.15) is 0 Å². The Morgan fingerprint density at radius 3 is 2.57 bits per heavy atom. The Morgan fingerprint density at radius 1 is 1.36 bits per heavy atom. The first-order chi connectivity index (χ1) is 6.67. The molecular weight excluding hydrogens is 190 g/mol. The van der Waals surface area contributed by atoms with Gasteiger partial charge < -0.3 is 0 Å². The van der Waals surface area contributed by atoms with Crippen molar-refractivity contribution in [2.24, 2.45) is 0 Å². The zero-order valence-corrected chi connectivity index (χ0v) is 9.69. The van der Waals surface area contributed by atoms with Gasteiger partial charge in [0.2, 0.25) is 0 Å². The molecule has 1 unspecified atom stereocenters. The van der Waals surface area contributed by atoms with Gasteiger partial charge in [-0.1, -0.05) is 13.0 Å². The maximum atomic E-state index is 8.84. The van der Waals surface area contributed by atoms with Crippen LogP contribution < -0.4 is 0 Å². The lowest BCUT2D eigenvalue weighted by atomic mass is 10.1. The molecule has 0 saturated heterocycles. The minimum Gasteiger partial charge on any atom is -0.197 e. The molecule has 0 spiro atoms. The first-order valence-corrected chi connectivity index (χ1v) is 5.69. The van der Waals surface area contributed by atoms with Gasteiger partial charge in [-0.2, -0.15) is 5.26 Å². The summed E-state index contributed by atoms with van der Waals surface area (Å²) in [5.41, 5.74) is 2.60. The number of hydrogen-bond donors (Lipinski definition) is 0. The van der Waals surface area contributed by atoms with Crippen molar-refractivity contribution in [2.45, 2.75) is 37.3 Å². The predicted octanol–water partition coefficient (Wildman–Crippen LogP) is 3.70. The molecule has 0 radical (unpaired) electrons. The highest BCUT2D eigenvalue weighted by Crippen LogP contribution is 2.26. The standard InChI is InChI=1S/C12H15NS/c1-4-11(8-13)14-12-6-5-9(2)10(3)7-12/h5-7,11H,4H2,1-3H3. The molecule has 0 heterocycles. The molecule has 0 amide bonds. The van der Waals surface area contributed by atoms with Gasteiger partial charge in [-0.05, 0) is 43.5 Å². The van der Waals surface area contributed by atoms with Crippen molar-refractivity contribution < 1.29 is 0 Å². The van der Waals surface area contributed by atoms with E-state index in [0.29, 0.717) is 0 Å². The molecule has 0 fully saturated rings. The van der Waals surface area contributed by atoms with Crippen LogP contribution in [0.3, 0.4) is 0 Å². The maximum Gasteiger partial charge on any atom is 0.0961 e. The topological polar surface area (TPSA) is 23.8 Å². The van der Waals surface area contributed by atoms with E-state index in [1.807, 2.05) is 6.92 Å². The molecule has 1 aromatic rings. The Morgan fingerprint density at radius 2 is 2.07 bits per heavy atom. The van der Waals surface area contributed by atoms with Crippen molar-refractivity contribution in [3.05, 3.63) is 29.3 Å². The summed E-state index contributed by atoms with van der Waals surface area (Å²) in [4.78, 5) is 1.20. The minimum atomic E-state index is 0.0807. The second-order valence-corrected chi connectivity index (χ2v) is 4.67. The number of nitrogens with zero attached hydrogens (tertiary/aromatic N) is 1. The molecule has 0 aliphatic heterocycles. The fourth-order valence-electron chi connectivity index (χ4n) is 1.15. The Bertz CT molecular complexity index is 352. The number of aryl methyl sites for hydroxylation is 2. The molecule has 1 nitrogen and oxygen atoms in total. The van der Waals surface area contributed by atoms with E-state index in [-0.39, 0.29) is 5.25 Å². The Hall–Kier alpha value is -0.940. The van der Waals surface area contributed by atoms with Crippen molar-refractivity contribution in [3.63, 3.8) is 0 Å². The third kappa shape index (κ3) is 2.78. The van der Waals surface area contributed by atoms with Gasteiger partial charge in [0, 0.05) is 4.90 Å². The lowest BCUT2D eigenvalue weighted by molar-refractivity contribution is 0.984. The normalized spacial score (nSPS) is 12.1. The molecule has 1 atom stereocenters. The van der Waals surface area contributed by atoms with Crippen LogP contribution in [0.15, 0.2) is 23.1 Å². The predicted molar refractivity (Wildman–Crippen MR) is 61.5 cm³/mol. The van der Waals surface area contributed by atoms with Crippen molar-refractivity contribution in [1.82, 2.24) is 0 Å². The van der Waals surface area contributed by atoms with E-state index in [9.17, 15) is 0 Å². The van der Waals surface area contributed by atoms with Crippen LogP contribution in [0.1, 0.15) is 24.5 Å². The molecule has 0 aliphatic rings. The SMILES string of the molecule is CCC(C#N)Sc1ccc(C)c(C)c1. The fraction of sp³-hybridized carbons (Fsp3) is 0.417. The molecule has 0 N–H and O–H groups in total. The van der Waals surface area contributed by atoms with Crippen LogP contribution in [0.4, 0.5) is 0 Å². The van der Waals surface area contributed by atoms with Crippen LogP contribution in [0.25, 0.3) is 0 Å². The maximum absolute atomic E-state index is 8.84. The molecule has 0 bridgehead atoms. The fourth-order valence-corrected chi connectivity index (χ4v) is 2.09. The Labute approximate surface area is 90.1 Å². The molecule has 0 aromatic heterocycles. The summed E-state index contributed by atoms with van der Waals surface area (Å²) in [6.45, 7) is 6.25. The molecule has 1 aromatic carbocycles. The molecule has 14 heavy (non-hydrogen) atoms. The van der Waals surface area contributed by atoms with E-state index < -0.39 is 0 Å². The second kappa shape index (κ2) is 5.07. The number of hydrogen-bond acceptors (Lipinski definition) is 2. The molecule has 74 valence electrons. The third-order valence-corrected chi connectivity index (χ3v) is 3.52. The molecule has 0 aliphatic carbocycles. The van der Waals surface area contributed by atoms with E-state index in [4.69, 9.17) is 5.26 Å². The number of benzene rings is 1. The average molecular weight is 205 g/mol. The molecule has 1 rings (SSSR count). The van der Waals surface area contributed by atoms with Crippen LogP contribution in [-0.4, -0.2) is 5.25 Å². The first-order valence-electron chi connectivity index (χ1n) is 4.81. The van der Waals surface area contributed by atoms with Crippen molar-refractivity contribution in [2.75, 3.05) is 0 Å². The highest BCUT2D eigenvalue weighted by molar-refractivity contribution is 8.00. The summed E-state index contributed by atoms with van der Waals surface area (Å²) in [7, 11) is 0. The summed E-state index contributed by atoms with van der Waals surface area (Å²) in [6.07, 6.45) is 0.897. The number of rotatable bonds is 3. The lowest BCUT2D eigenvalue weighted by Crippen LogP contribution is -1.95. The van der Waals surface area contributed by atoms with Gasteiger partial charge in [-0.3, -0.25) is 0 Å². The Balaban J connectivity index is 2.78. The first kappa shape index (κ1) is 11.1. The van der Waals surface area contributed by atoms with Crippen LogP contribution in [0, 0.1) is 25.2 Å². The summed E-state index contributed by atoms with van der Waals surface area (Å²) < 4.78 is 0. The van der Waals surface area contributed by atoms with Crippen molar-refractivity contribution >= 4 is 11.8 Å². The third-order valence-electron chi connectivity index (χ3n) is 2.27. The van der Waals surface area contributed by atoms with Gasteiger partial charge in [0.15, 0.2) is 0 Å². The van der Waals surface area contributed by atoms with Gasteiger partial charge in [0.05, 0.1) is 11.3 Å². The highest BCUT2D eigenvalue weighted by atomic mass is 32.2. The smallest absolute Gasteiger partial charge is 0.0961 e. The minimum absolute atomic E-state index is 0.0807. The zero-order chi connectivity index (χ0) is 10.6. The molecule has 2 heteroatoms. The summed E-state index contributed by atoms with van der Waals surface area (Å²) >= 11 is 1.65. The lowest BCUT2D eigenvalue weighted by Gasteiger charge is -2.07. The van der Waals surface area contributed by atoms with Crippen LogP contribution in [-0.2, 0) is 0 Å². The summed E-state index contributed by atoms with van der Waals surface area (Å²) in [5, 5.41) is 8.92. The van der Waals surface area contributed by atoms with Gasteiger partial charge in [0.25, 0.3) is 0 Å². The summed E-state index contributed by atoms with van der Waals surface area (Å²) in [6, 6.07) is 8.65. The van der Waals surface area contributed by atoms with Gasteiger partial charge >= 0.3 is 0 Å². The van der Waals surface area contributed by atoms with Crippen molar-refractivity contribution in [1.29, 1.82) is 5.26 Å². The number of thioether (sulfide) groups is 1. The van der Waals surface area contributed by atoms with Crippen molar-refractivity contribution in [3.8, 4) is 6.07 Å². The molecular formula is C12H15NS. The van der Waals surface area contributed by atoms with E-state index in [1.54, 1.807) is 11.8 Å². The largest absolute Gasteiger partial charge is 0.197 e. The van der Waals surface area contributed by atoms with Crippen LogP contribution in [0.2, 0.25) is 0 Å². The van der Waals surface area contributed by atoms with Gasteiger partial charge in [-0.15, -0.1) is 11.8 Å². The van der Waals surface area contributed by atoms with Crippen LogP contribution >= 0.6 is 11.8 Å². The zero-order valence-electron chi connectivity index (χ0n) is 8.87. The second-order valence-electron chi connectivity index (χ2n) is 3.39. The highest BCUT2D eigenvalue weighted by Gasteiger charge is 2.06.